The van der Waals surface area contributed by atoms with Crippen LogP contribution in [0.25, 0.3) is 0 Å². The molecule has 108 valence electrons. The summed E-state index contributed by atoms with van der Waals surface area (Å²) in [4.78, 5) is 18.2. The molecule has 4 nitrogen and oxygen atoms in total. The lowest BCUT2D eigenvalue weighted by molar-refractivity contribution is 0.0648. The minimum atomic E-state index is -0.368. The van der Waals surface area contributed by atoms with Crippen LogP contribution in [-0.2, 0) is 0 Å². The third-order valence-corrected chi connectivity index (χ3v) is 3.87. The number of likely N-dealkylation sites (tertiary alicyclic amines) is 1. The number of pyridine rings is 1. The second-order valence-electron chi connectivity index (χ2n) is 4.68. The molecule has 21 heavy (non-hydrogen) atoms. The molecule has 0 aliphatic carbocycles. The van der Waals surface area contributed by atoms with Crippen LogP contribution in [0.2, 0.25) is 0 Å². The Morgan fingerprint density at radius 3 is 2.81 bits per heavy atom. The highest BCUT2D eigenvalue weighted by molar-refractivity contribution is 9.10. The average molecular weight is 351 g/mol. The van der Waals surface area contributed by atoms with Crippen molar-refractivity contribution in [2.24, 2.45) is 0 Å². The Morgan fingerprint density at radius 1 is 1.33 bits per heavy atom. The van der Waals surface area contributed by atoms with Gasteiger partial charge in [0.1, 0.15) is 17.1 Å². The lowest BCUT2D eigenvalue weighted by atomic mass is 10.1. The van der Waals surface area contributed by atoms with Gasteiger partial charge in [-0.3, -0.25) is 4.79 Å². The number of benzene rings is 1. The molecule has 1 fully saturated rings. The Morgan fingerprint density at radius 2 is 2.14 bits per heavy atom. The van der Waals surface area contributed by atoms with Crippen molar-refractivity contribution in [2.75, 3.05) is 13.1 Å². The molecule has 0 spiro atoms. The van der Waals surface area contributed by atoms with Crippen molar-refractivity contribution in [1.82, 2.24) is 9.88 Å². The highest BCUT2D eigenvalue weighted by Crippen LogP contribution is 2.31. The number of aromatic nitrogens is 1. The van der Waals surface area contributed by atoms with Crippen LogP contribution in [0.5, 0.6) is 11.6 Å². The summed E-state index contributed by atoms with van der Waals surface area (Å²) in [5, 5.41) is 0. The Bertz CT molecular complexity index is 689. The summed E-state index contributed by atoms with van der Waals surface area (Å²) >= 11 is 3.23. The quantitative estimate of drug-likeness (QED) is 0.848. The zero-order chi connectivity index (χ0) is 14.8. The number of halogens is 2. The first-order chi connectivity index (χ1) is 10.1. The van der Waals surface area contributed by atoms with E-state index in [2.05, 4.69) is 20.9 Å². The van der Waals surface area contributed by atoms with Crippen molar-refractivity contribution in [3.63, 3.8) is 0 Å². The molecule has 0 radical (unpaired) electrons. The normalized spacial score (nSPS) is 13.7. The molecule has 0 saturated carbocycles. The molecule has 2 heterocycles. The molecule has 3 rings (SSSR count). The lowest BCUT2D eigenvalue weighted by Gasteiger charge is -2.31. The molecular weight excluding hydrogens is 339 g/mol. The van der Waals surface area contributed by atoms with Gasteiger partial charge in [0.15, 0.2) is 0 Å². The summed E-state index contributed by atoms with van der Waals surface area (Å²) in [6.07, 6.45) is 2.57. The van der Waals surface area contributed by atoms with Crippen molar-refractivity contribution in [1.29, 1.82) is 0 Å². The number of amides is 1. The van der Waals surface area contributed by atoms with Crippen LogP contribution >= 0.6 is 15.9 Å². The maximum Gasteiger partial charge on any atom is 0.259 e. The van der Waals surface area contributed by atoms with Crippen LogP contribution in [0.1, 0.15) is 16.8 Å². The van der Waals surface area contributed by atoms with Gasteiger partial charge in [-0.05, 0) is 52.7 Å². The second-order valence-corrected chi connectivity index (χ2v) is 5.53. The van der Waals surface area contributed by atoms with E-state index in [1.165, 1.54) is 18.2 Å². The first-order valence-corrected chi connectivity index (χ1v) is 7.31. The summed E-state index contributed by atoms with van der Waals surface area (Å²) in [6.45, 7) is 1.51. The summed E-state index contributed by atoms with van der Waals surface area (Å²) in [5.41, 5.74) is 0.411. The van der Waals surface area contributed by atoms with E-state index in [0.717, 1.165) is 19.5 Å². The monoisotopic (exact) mass is 350 g/mol. The molecule has 1 aliphatic rings. The van der Waals surface area contributed by atoms with Gasteiger partial charge in [0.25, 0.3) is 5.91 Å². The van der Waals surface area contributed by atoms with Gasteiger partial charge in [0.2, 0.25) is 5.88 Å². The Labute approximate surface area is 129 Å². The second kappa shape index (κ2) is 5.81. The maximum atomic E-state index is 13.1. The maximum absolute atomic E-state index is 13.1. The van der Waals surface area contributed by atoms with E-state index < -0.39 is 0 Å². The lowest BCUT2D eigenvalue weighted by Crippen LogP contribution is -2.42. The van der Waals surface area contributed by atoms with Crippen LogP contribution in [0.4, 0.5) is 4.39 Å². The van der Waals surface area contributed by atoms with E-state index in [1.54, 1.807) is 23.2 Å². The molecule has 1 amide bonds. The predicted octanol–water partition coefficient (Wildman–Crippen LogP) is 3.62. The van der Waals surface area contributed by atoms with E-state index in [0.29, 0.717) is 15.8 Å². The van der Waals surface area contributed by atoms with E-state index in [1.807, 2.05) is 0 Å². The van der Waals surface area contributed by atoms with Crippen molar-refractivity contribution in [3.05, 3.63) is 52.4 Å². The standard InChI is InChI=1S/C15H12BrFN2O2/c16-12-9-10(17)4-5-13(12)21-14-11(3-1-6-18-14)15(20)19-7-2-8-19/h1,3-6,9H,2,7-8H2. The van der Waals surface area contributed by atoms with Crippen LogP contribution in [0.3, 0.4) is 0 Å². The molecule has 1 aromatic heterocycles. The van der Waals surface area contributed by atoms with Gasteiger partial charge >= 0.3 is 0 Å². The van der Waals surface area contributed by atoms with Gasteiger partial charge in [-0.2, -0.15) is 0 Å². The molecule has 2 aromatic rings. The largest absolute Gasteiger partial charge is 0.437 e. The SMILES string of the molecule is O=C(c1cccnc1Oc1ccc(F)cc1Br)N1CCC1. The Balaban J connectivity index is 1.90. The first kappa shape index (κ1) is 14.0. The van der Waals surface area contributed by atoms with Crippen LogP contribution in [0.15, 0.2) is 41.0 Å². The van der Waals surface area contributed by atoms with Gasteiger partial charge in [-0.1, -0.05) is 0 Å². The third-order valence-electron chi connectivity index (χ3n) is 3.25. The number of carbonyl (C=O) groups is 1. The third kappa shape index (κ3) is 2.90. The highest BCUT2D eigenvalue weighted by atomic mass is 79.9. The van der Waals surface area contributed by atoms with Crippen LogP contribution < -0.4 is 4.74 Å². The molecule has 0 atom stereocenters. The first-order valence-electron chi connectivity index (χ1n) is 6.52. The fourth-order valence-corrected chi connectivity index (χ4v) is 2.42. The van der Waals surface area contributed by atoms with Gasteiger partial charge < -0.3 is 9.64 Å². The number of rotatable bonds is 3. The topological polar surface area (TPSA) is 42.4 Å². The minimum absolute atomic E-state index is 0.0948. The predicted molar refractivity (Wildman–Crippen MR) is 78.9 cm³/mol. The molecule has 6 heteroatoms. The van der Waals surface area contributed by atoms with E-state index >= 15 is 0 Å². The molecule has 1 aliphatic heterocycles. The van der Waals surface area contributed by atoms with Crippen molar-refractivity contribution < 1.29 is 13.9 Å². The fourth-order valence-electron chi connectivity index (χ4n) is 1.99. The summed E-state index contributed by atoms with van der Waals surface area (Å²) < 4.78 is 19.2. The van der Waals surface area contributed by atoms with Crippen LogP contribution in [0, 0.1) is 5.82 Å². The number of nitrogens with zero attached hydrogens (tertiary/aromatic N) is 2. The van der Waals surface area contributed by atoms with Gasteiger partial charge in [0, 0.05) is 19.3 Å². The van der Waals surface area contributed by atoms with Crippen molar-refractivity contribution in [2.45, 2.75) is 6.42 Å². The molecule has 1 aromatic carbocycles. The number of carbonyl (C=O) groups excluding carboxylic acids is 1. The number of ether oxygens (including phenoxy) is 1. The van der Waals surface area contributed by atoms with Crippen molar-refractivity contribution in [3.8, 4) is 11.6 Å². The smallest absolute Gasteiger partial charge is 0.259 e. The Kier molecular flexibility index (Phi) is 3.88. The van der Waals surface area contributed by atoms with Gasteiger partial charge in [0.05, 0.1) is 4.47 Å². The summed E-state index contributed by atoms with van der Waals surface area (Å²) in [7, 11) is 0. The highest BCUT2D eigenvalue weighted by Gasteiger charge is 2.25. The molecule has 0 unspecified atom stereocenters. The average Bonchev–Trinajstić information content (AvgIpc) is 2.40. The van der Waals surface area contributed by atoms with Gasteiger partial charge in [-0.25, -0.2) is 9.37 Å². The number of hydrogen-bond acceptors (Lipinski definition) is 3. The zero-order valence-electron chi connectivity index (χ0n) is 11.1. The molecule has 1 saturated heterocycles. The molecule has 0 N–H and O–H groups in total. The molecule has 0 bridgehead atoms. The summed E-state index contributed by atoms with van der Waals surface area (Å²) in [6, 6.07) is 7.46. The van der Waals surface area contributed by atoms with E-state index in [-0.39, 0.29) is 17.6 Å². The van der Waals surface area contributed by atoms with Crippen LogP contribution in [-0.4, -0.2) is 28.9 Å². The van der Waals surface area contributed by atoms with Crippen molar-refractivity contribution >= 4 is 21.8 Å². The van der Waals surface area contributed by atoms with E-state index in [9.17, 15) is 9.18 Å². The number of hydrogen-bond donors (Lipinski definition) is 0. The van der Waals surface area contributed by atoms with Gasteiger partial charge in [-0.15, -0.1) is 0 Å². The minimum Gasteiger partial charge on any atom is -0.437 e. The fraction of sp³-hybridized carbons (Fsp3) is 0.200. The Hall–Kier alpha value is -1.95. The van der Waals surface area contributed by atoms with E-state index in [4.69, 9.17) is 4.74 Å². The zero-order valence-corrected chi connectivity index (χ0v) is 12.6. The summed E-state index contributed by atoms with van der Waals surface area (Å²) in [5.74, 6) is 0.171. The molecular formula is C15H12BrFN2O2.